The summed E-state index contributed by atoms with van der Waals surface area (Å²) in [6, 6.07) is 10.3. The molecule has 22 heavy (non-hydrogen) atoms. The second-order valence-electron chi connectivity index (χ2n) is 5.02. The molecule has 0 aliphatic carbocycles. The van der Waals surface area contributed by atoms with E-state index < -0.39 is 0 Å². The summed E-state index contributed by atoms with van der Waals surface area (Å²) in [6.45, 7) is 4.34. The molecule has 0 atom stereocenters. The van der Waals surface area contributed by atoms with Gasteiger partial charge in [0.2, 0.25) is 11.8 Å². The number of anilines is 1. The number of ether oxygens (including phenoxy) is 1. The van der Waals surface area contributed by atoms with Crippen LogP contribution < -0.4 is 10.5 Å². The van der Waals surface area contributed by atoms with E-state index in [4.69, 9.17) is 10.5 Å². The number of rotatable bonds is 3. The molecule has 1 heterocycles. The zero-order valence-electron chi connectivity index (χ0n) is 12.4. The molecule has 0 bridgehead atoms. The number of fused-ring (bicyclic) bond motifs is 1. The molecule has 3 rings (SSSR count). The number of nitrogens with zero attached hydrogens (tertiary/aromatic N) is 2. The van der Waals surface area contributed by atoms with Crippen molar-refractivity contribution >= 4 is 16.9 Å². The summed E-state index contributed by atoms with van der Waals surface area (Å²) < 4.78 is 18.7. The molecule has 0 fully saturated rings. The third-order valence-corrected chi connectivity index (χ3v) is 3.43. The van der Waals surface area contributed by atoms with E-state index >= 15 is 0 Å². The Morgan fingerprint density at radius 3 is 2.50 bits per heavy atom. The molecule has 3 aromatic rings. The van der Waals surface area contributed by atoms with Crippen LogP contribution in [0.25, 0.3) is 22.0 Å². The number of benzene rings is 2. The normalized spacial score (nSPS) is 10.9. The summed E-state index contributed by atoms with van der Waals surface area (Å²) in [5, 5.41) is 0.801. The second kappa shape index (κ2) is 5.60. The van der Waals surface area contributed by atoms with Gasteiger partial charge >= 0.3 is 0 Å². The first-order valence-electron chi connectivity index (χ1n) is 7.05. The second-order valence-corrected chi connectivity index (χ2v) is 5.02. The van der Waals surface area contributed by atoms with Crippen molar-refractivity contribution in [2.24, 2.45) is 0 Å². The molecule has 0 saturated carbocycles. The monoisotopic (exact) mass is 297 g/mol. The van der Waals surface area contributed by atoms with Crippen molar-refractivity contribution in [2.45, 2.75) is 13.8 Å². The summed E-state index contributed by atoms with van der Waals surface area (Å²) in [4.78, 5) is 8.46. The smallest absolute Gasteiger partial charge is 0.226 e. The lowest BCUT2D eigenvalue weighted by Gasteiger charge is -2.11. The Balaban J connectivity index is 2.24. The van der Waals surface area contributed by atoms with E-state index in [2.05, 4.69) is 9.97 Å². The van der Waals surface area contributed by atoms with Gasteiger partial charge in [0, 0.05) is 0 Å². The third-order valence-electron chi connectivity index (χ3n) is 3.43. The van der Waals surface area contributed by atoms with Crippen molar-refractivity contribution in [3.63, 3.8) is 0 Å². The van der Waals surface area contributed by atoms with Crippen molar-refractivity contribution in [1.29, 1.82) is 0 Å². The third kappa shape index (κ3) is 2.57. The molecule has 2 aromatic carbocycles. The van der Waals surface area contributed by atoms with Crippen LogP contribution in [0.4, 0.5) is 10.3 Å². The Bertz CT molecular complexity index is 831. The zero-order chi connectivity index (χ0) is 15.7. The van der Waals surface area contributed by atoms with E-state index in [0.29, 0.717) is 12.5 Å². The van der Waals surface area contributed by atoms with Crippen LogP contribution in [-0.2, 0) is 0 Å². The van der Waals surface area contributed by atoms with Gasteiger partial charge in [-0.15, -0.1) is 0 Å². The number of hydrogen-bond acceptors (Lipinski definition) is 4. The minimum atomic E-state index is -0.257. The summed E-state index contributed by atoms with van der Waals surface area (Å²) in [7, 11) is 0. The van der Waals surface area contributed by atoms with Gasteiger partial charge in [-0.25, -0.2) is 9.37 Å². The predicted octanol–water partition coefficient (Wildman–Crippen LogP) is 3.73. The molecule has 0 aliphatic rings. The average molecular weight is 297 g/mol. The summed E-state index contributed by atoms with van der Waals surface area (Å²) in [5.41, 5.74) is 9.36. The van der Waals surface area contributed by atoms with E-state index in [-0.39, 0.29) is 11.8 Å². The highest BCUT2D eigenvalue weighted by Gasteiger charge is 2.12. The minimum absolute atomic E-state index is 0.189. The minimum Gasteiger partial charge on any atom is -0.477 e. The van der Waals surface area contributed by atoms with Gasteiger partial charge in [0.25, 0.3) is 0 Å². The largest absolute Gasteiger partial charge is 0.477 e. The highest BCUT2D eigenvalue weighted by atomic mass is 19.1. The molecule has 5 heteroatoms. The summed E-state index contributed by atoms with van der Waals surface area (Å²) >= 11 is 0. The first-order valence-corrected chi connectivity index (χ1v) is 7.05. The van der Waals surface area contributed by atoms with Crippen LogP contribution in [0.5, 0.6) is 5.88 Å². The number of nitrogen functional groups attached to an aromatic ring is 1. The number of aryl methyl sites for hydroxylation is 1. The van der Waals surface area contributed by atoms with Gasteiger partial charge in [-0.3, -0.25) is 0 Å². The molecule has 0 saturated heterocycles. The Labute approximate surface area is 127 Å². The molecule has 112 valence electrons. The highest BCUT2D eigenvalue weighted by Crippen LogP contribution is 2.31. The van der Waals surface area contributed by atoms with Crippen LogP contribution in [0.2, 0.25) is 0 Å². The maximum atomic E-state index is 13.1. The lowest BCUT2D eigenvalue weighted by Crippen LogP contribution is -2.02. The zero-order valence-corrected chi connectivity index (χ0v) is 12.4. The lowest BCUT2D eigenvalue weighted by molar-refractivity contribution is 0.331. The Hall–Kier alpha value is -2.69. The van der Waals surface area contributed by atoms with Gasteiger partial charge in [0.15, 0.2) is 0 Å². The van der Waals surface area contributed by atoms with Crippen LogP contribution >= 0.6 is 0 Å². The maximum Gasteiger partial charge on any atom is 0.226 e. The standard InChI is InChI=1S/C17H16FN3O/c1-3-22-16-14-9-12(11-4-6-13(18)7-5-11)8-10(2)15(14)20-17(19)21-16/h4-9H,3H2,1-2H3,(H2,19,20,21). The Morgan fingerprint density at radius 1 is 1.09 bits per heavy atom. The molecular weight excluding hydrogens is 281 g/mol. The van der Waals surface area contributed by atoms with E-state index in [1.165, 1.54) is 12.1 Å². The van der Waals surface area contributed by atoms with Crippen LogP contribution in [0.1, 0.15) is 12.5 Å². The number of hydrogen-bond donors (Lipinski definition) is 1. The SMILES string of the molecule is CCOc1nc(N)nc2c(C)cc(-c3ccc(F)cc3)cc12. The van der Waals surface area contributed by atoms with Gasteiger partial charge in [0.1, 0.15) is 5.82 Å². The van der Waals surface area contributed by atoms with Crippen LogP contribution in [0.15, 0.2) is 36.4 Å². The summed E-state index contributed by atoms with van der Waals surface area (Å²) in [6.07, 6.45) is 0. The molecule has 0 radical (unpaired) electrons. The van der Waals surface area contributed by atoms with Crippen molar-refractivity contribution in [2.75, 3.05) is 12.3 Å². The number of halogens is 1. The van der Waals surface area contributed by atoms with Crippen LogP contribution in [-0.4, -0.2) is 16.6 Å². The molecule has 4 nitrogen and oxygen atoms in total. The fourth-order valence-corrected chi connectivity index (χ4v) is 2.45. The van der Waals surface area contributed by atoms with E-state index in [1.54, 1.807) is 12.1 Å². The predicted molar refractivity (Wildman–Crippen MR) is 85.3 cm³/mol. The highest BCUT2D eigenvalue weighted by molar-refractivity contribution is 5.91. The fourth-order valence-electron chi connectivity index (χ4n) is 2.45. The molecule has 0 aliphatic heterocycles. The van der Waals surface area contributed by atoms with Crippen LogP contribution in [0, 0.1) is 12.7 Å². The lowest BCUT2D eigenvalue weighted by atomic mass is 10.0. The summed E-state index contributed by atoms with van der Waals surface area (Å²) in [5.74, 6) is 0.401. The molecule has 0 amide bonds. The quantitative estimate of drug-likeness (QED) is 0.800. The van der Waals surface area contributed by atoms with E-state index in [9.17, 15) is 4.39 Å². The topological polar surface area (TPSA) is 61.0 Å². The average Bonchev–Trinajstić information content (AvgIpc) is 2.49. The Kier molecular flexibility index (Phi) is 3.63. The number of aromatic nitrogens is 2. The first-order chi connectivity index (χ1) is 10.6. The van der Waals surface area contributed by atoms with Crippen molar-refractivity contribution in [3.05, 3.63) is 47.8 Å². The molecular formula is C17H16FN3O. The maximum absolute atomic E-state index is 13.1. The molecule has 0 unspecified atom stereocenters. The van der Waals surface area contributed by atoms with Crippen molar-refractivity contribution in [1.82, 2.24) is 9.97 Å². The van der Waals surface area contributed by atoms with Gasteiger partial charge in [-0.05, 0) is 54.8 Å². The van der Waals surface area contributed by atoms with Gasteiger partial charge in [0.05, 0.1) is 17.5 Å². The Morgan fingerprint density at radius 2 is 1.82 bits per heavy atom. The van der Waals surface area contributed by atoms with Crippen molar-refractivity contribution < 1.29 is 9.13 Å². The molecule has 1 aromatic heterocycles. The van der Waals surface area contributed by atoms with Gasteiger partial charge < -0.3 is 10.5 Å². The van der Waals surface area contributed by atoms with E-state index in [1.807, 2.05) is 26.0 Å². The molecule has 2 N–H and O–H groups in total. The van der Waals surface area contributed by atoms with Gasteiger partial charge in [-0.2, -0.15) is 4.98 Å². The van der Waals surface area contributed by atoms with E-state index in [0.717, 1.165) is 27.6 Å². The van der Waals surface area contributed by atoms with Gasteiger partial charge in [-0.1, -0.05) is 12.1 Å². The first kappa shape index (κ1) is 14.3. The van der Waals surface area contributed by atoms with Crippen LogP contribution in [0.3, 0.4) is 0 Å². The number of nitrogens with two attached hydrogens (primary N) is 1. The fraction of sp³-hybridized carbons (Fsp3) is 0.176. The molecule has 0 spiro atoms. The van der Waals surface area contributed by atoms with Crippen molar-refractivity contribution in [3.8, 4) is 17.0 Å².